The average Bonchev–Trinajstić information content (AvgIpc) is 2.67. The number of alkyl halides is 11. The second kappa shape index (κ2) is 49.2. The molecule has 0 radical (unpaired) electrons. The normalized spacial score (nSPS) is 9.47. The van der Waals surface area contributed by atoms with Crippen LogP contribution in [0, 0.1) is 11.3 Å². The van der Waals surface area contributed by atoms with Crippen LogP contribution in [-0.4, -0.2) is 32.9 Å². The van der Waals surface area contributed by atoms with Gasteiger partial charge in [-0.3, -0.25) is 8.78 Å². The van der Waals surface area contributed by atoms with Gasteiger partial charge in [0.2, 0.25) is 6.43 Å². The second-order valence-electron chi connectivity index (χ2n) is 9.15. The maximum Gasteiger partial charge on any atom is 0.559 e. The van der Waals surface area contributed by atoms with Crippen LogP contribution in [0.3, 0.4) is 0 Å². The van der Waals surface area contributed by atoms with Crippen molar-refractivity contribution < 1.29 is 48.3 Å². The van der Waals surface area contributed by atoms with Crippen molar-refractivity contribution in [3.63, 3.8) is 0 Å². The lowest BCUT2D eigenvalue weighted by Crippen LogP contribution is -1.95. The molecule has 0 aromatic carbocycles. The van der Waals surface area contributed by atoms with Gasteiger partial charge >= 0.3 is 12.6 Å². The van der Waals surface area contributed by atoms with Crippen molar-refractivity contribution in [2.24, 2.45) is 11.3 Å². The van der Waals surface area contributed by atoms with E-state index in [0.29, 0.717) is 12.6 Å². The highest BCUT2D eigenvalue weighted by Gasteiger charge is 2.24. The zero-order valence-corrected chi connectivity index (χ0v) is 26.8. The Morgan fingerprint density at radius 1 is 0.553 bits per heavy atom. The average molecular weight is 595 g/mol. The minimum Gasteiger partial charge on any atom is -0.255 e. The van der Waals surface area contributed by atoms with E-state index < -0.39 is 19.0 Å². The van der Waals surface area contributed by atoms with Crippen molar-refractivity contribution in [2.45, 2.75) is 154 Å². The van der Waals surface area contributed by atoms with Crippen molar-refractivity contribution in [1.82, 2.24) is 0 Å². The van der Waals surface area contributed by atoms with Gasteiger partial charge in [-0.2, -0.15) is 13.2 Å². The van der Waals surface area contributed by atoms with Crippen molar-refractivity contribution in [3.05, 3.63) is 0 Å². The van der Waals surface area contributed by atoms with E-state index >= 15 is 0 Å². The molecule has 0 N–H and O–H groups in total. The van der Waals surface area contributed by atoms with E-state index in [1.807, 2.05) is 0 Å². The predicted molar refractivity (Wildman–Crippen MR) is 145 cm³/mol. The number of rotatable bonds is 4. The molecular formula is C27H61F11. The fourth-order valence-corrected chi connectivity index (χ4v) is 0.354. The SMILES string of the molecule is CC(C)(C)C.CC(F)(F)F.CC(F)F.CCC(C)C.CCCC.CCCCC.CCF.CF.FC(F)(F)F. The van der Waals surface area contributed by atoms with E-state index in [2.05, 4.69) is 76.2 Å². The Labute approximate surface area is 228 Å². The molecule has 0 rings (SSSR count). The van der Waals surface area contributed by atoms with Crippen molar-refractivity contribution in [2.75, 3.05) is 13.9 Å². The van der Waals surface area contributed by atoms with Gasteiger partial charge in [-0.15, -0.1) is 17.6 Å². The minimum absolute atomic E-state index is 0.188. The molecule has 0 amide bonds. The van der Waals surface area contributed by atoms with Gasteiger partial charge in [-0.1, -0.05) is 115 Å². The monoisotopic (exact) mass is 594 g/mol. The minimum atomic E-state index is -5.50. The molecule has 0 saturated carbocycles. The Kier molecular flexibility index (Phi) is 79.4. The Balaban J connectivity index is -0.0000000359. The molecule has 0 aliphatic rings. The Bertz CT molecular complexity index is 254. The molecular weight excluding hydrogens is 533 g/mol. The van der Waals surface area contributed by atoms with E-state index in [1.165, 1.54) is 45.4 Å². The summed E-state index contributed by atoms with van der Waals surface area (Å²) in [5.74, 6) is 0.884. The molecule has 0 aromatic heterocycles. The number of hydrogen-bond acceptors (Lipinski definition) is 0. The molecule has 0 bridgehead atoms. The van der Waals surface area contributed by atoms with Crippen LogP contribution in [0.25, 0.3) is 0 Å². The van der Waals surface area contributed by atoms with E-state index in [9.17, 15) is 48.3 Å². The van der Waals surface area contributed by atoms with E-state index in [1.54, 1.807) is 0 Å². The number of unbranched alkanes of at least 4 members (excludes halogenated alkanes) is 3. The standard InChI is InChI=1S/3C5H12.C4H10.C2H3F3.C2H4F2.C2H5F.CF4.CH3F/c1-5(2,3)4;1-4-5(2)3;1-3-5-4-2;1-3-4-2;1-2(3,4)5;1-2(3)4;1-2-3;2-1(3,4)5;1-2/h1-4H3;5H,4H2,1-3H3;3-5H2,1-2H3;3-4H2,1-2H3;1H3;2H,1H3;2H2,1H3;;1H3. The molecule has 0 atom stereocenters. The summed E-state index contributed by atoms with van der Waals surface area (Å²) in [6.45, 7) is 26.4. The predicted octanol–water partition coefficient (Wildman–Crippen LogP) is 14.0. The third kappa shape index (κ3) is 2310. The summed E-state index contributed by atoms with van der Waals surface area (Å²) < 4.78 is 110. The number of hydrogen-bond donors (Lipinski definition) is 0. The lowest BCUT2D eigenvalue weighted by Gasteiger charge is -2.05. The first-order valence-corrected chi connectivity index (χ1v) is 12.8. The van der Waals surface area contributed by atoms with Crippen molar-refractivity contribution in [1.29, 1.82) is 0 Å². The van der Waals surface area contributed by atoms with Crippen LogP contribution in [0.4, 0.5) is 48.3 Å². The van der Waals surface area contributed by atoms with Gasteiger partial charge in [0.15, 0.2) is 0 Å². The zero-order chi connectivity index (χ0) is 33.6. The highest BCUT2D eigenvalue weighted by atomic mass is 19.5. The van der Waals surface area contributed by atoms with E-state index in [4.69, 9.17) is 0 Å². The van der Waals surface area contributed by atoms with Crippen LogP contribution in [0.2, 0.25) is 0 Å². The van der Waals surface area contributed by atoms with E-state index in [-0.39, 0.29) is 13.6 Å². The quantitative estimate of drug-likeness (QED) is 0.284. The van der Waals surface area contributed by atoms with Gasteiger partial charge in [-0.05, 0) is 25.2 Å². The summed E-state index contributed by atoms with van der Waals surface area (Å²) in [5, 5.41) is 0. The molecule has 0 heterocycles. The highest BCUT2D eigenvalue weighted by Crippen LogP contribution is 2.14. The Morgan fingerprint density at radius 2 is 0.658 bits per heavy atom. The van der Waals surface area contributed by atoms with Gasteiger partial charge in [0.25, 0.3) is 0 Å². The summed E-state index contributed by atoms with van der Waals surface area (Å²) in [6.07, 6.45) is -3.65. The lowest BCUT2D eigenvalue weighted by atomic mass is 10.0. The first-order valence-electron chi connectivity index (χ1n) is 12.8. The molecule has 246 valence electrons. The molecule has 0 aliphatic carbocycles. The van der Waals surface area contributed by atoms with Crippen LogP contribution in [0.15, 0.2) is 0 Å². The molecule has 0 nitrogen and oxygen atoms in total. The van der Waals surface area contributed by atoms with Gasteiger partial charge < -0.3 is 0 Å². The van der Waals surface area contributed by atoms with Crippen molar-refractivity contribution >= 4 is 0 Å². The molecule has 0 unspecified atom stereocenters. The van der Waals surface area contributed by atoms with Crippen LogP contribution in [-0.2, 0) is 0 Å². The largest absolute Gasteiger partial charge is 0.559 e. The third-order valence-corrected chi connectivity index (χ3v) is 2.02. The Morgan fingerprint density at radius 3 is 0.658 bits per heavy atom. The topological polar surface area (TPSA) is 0 Å². The maximum atomic E-state index is 10.4. The molecule has 0 aromatic rings. The third-order valence-electron chi connectivity index (χ3n) is 2.02. The summed E-state index contributed by atoms with van der Waals surface area (Å²) in [6, 6.07) is 0. The molecule has 0 spiro atoms. The molecule has 0 saturated heterocycles. The fraction of sp³-hybridized carbons (Fsp3) is 1.00. The van der Waals surface area contributed by atoms with Crippen LogP contribution in [0.1, 0.15) is 135 Å². The first kappa shape index (κ1) is 61.3. The van der Waals surface area contributed by atoms with Gasteiger partial charge in [0.05, 0.1) is 13.9 Å². The molecule has 38 heavy (non-hydrogen) atoms. The summed E-state index contributed by atoms with van der Waals surface area (Å²) in [7, 11) is 0.500. The van der Waals surface area contributed by atoms with Gasteiger partial charge in [-0.25, -0.2) is 8.78 Å². The molecule has 11 heteroatoms. The fourth-order valence-electron chi connectivity index (χ4n) is 0.354. The first-order chi connectivity index (χ1) is 16.7. The second-order valence-corrected chi connectivity index (χ2v) is 9.15. The smallest absolute Gasteiger partial charge is 0.255 e. The lowest BCUT2D eigenvalue weighted by molar-refractivity contribution is -0.237. The number of halogens is 11. The van der Waals surface area contributed by atoms with Gasteiger partial charge in [0.1, 0.15) is 0 Å². The summed E-state index contributed by atoms with van der Waals surface area (Å²) in [5.41, 5.74) is 0.500. The zero-order valence-electron chi connectivity index (χ0n) is 26.8. The molecule has 0 aliphatic heterocycles. The Hall–Kier alpha value is -0.770. The van der Waals surface area contributed by atoms with Crippen LogP contribution < -0.4 is 0 Å². The highest BCUT2D eigenvalue weighted by molar-refractivity contribution is 4.47. The summed E-state index contributed by atoms with van der Waals surface area (Å²) >= 11 is 0. The molecule has 0 fully saturated rings. The van der Waals surface area contributed by atoms with Crippen LogP contribution in [0.5, 0.6) is 0 Å². The maximum absolute atomic E-state index is 10.4. The van der Waals surface area contributed by atoms with E-state index in [0.717, 1.165) is 12.8 Å². The van der Waals surface area contributed by atoms with Crippen molar-refractivity contribution in [3.8, 4) is 0 Å². The summed E-state index contributed by atoms with van der Waals surface area (Å²) in [4.78, 5) is 0. The van der Waals surface area contributed by atoms with Crippen LogP contribution >= 0.6 is 0 Å². The van der Waals surface area contributed by atoms with Gasteiger partial charge in [0, 0.05) is 6.92 Å².